The molecule has 0 saturated carbocycles. The van der Waals surface area contributed by atoms with Gasteiger partial charge < -0.3 is 5.32 Å². The predicted molar refractivity (Wildman–Crippen MR) is 136 cm³/mol. The molecule has 10 heteroatoms. The van der Waals surface area contributed by atoms with E-state index in [2.05, 4.69) is 32.5 Å². The minimum absolute atomic E-state index is 0.203. The monoisotopic (exact) mass is 512 g/mol. The van der Waals surface area contributed by atoms with E-state index in [1.54, 1.807) is 41.3 Å². The average Bonchev–Trinajstić information content (AvgIpc) is 3.26. The van der Waals surface area contributed by atoms with E-state index in [1.807, 2.05) is 24.3 Å². The number of hydrogen-bond donors (Lipinski definition) is 1. The fraction of sp³-hybridized carbons (Fsp3) is 0.208. The van der Waals surface area contributed by atoms with Crippen molar-refractivity contribution in [3.05, 3.63) is 87.9 Å². The third-order valence-electron chi connectivity index (χ3n) is 4.98. The van der Waals surface area contributed by atoms with Crippen LogP contribution in [0.2, 0.25) is 10.0 Å². The van der Waals surface area contributed by atoms with E-state index in [1.165, 1.54) is 17.3 Å². The molecular formula is C24H22Cl2N6OS. The molecule has 2 heterocycles. The molecule has 1 amide bonds. The summed E-state index contributed by atoms with van der Waals surface area (Å²) in [5.41, 5.74) is 3.32. The number of carbonyl (C=O) groups is 1. The summed E-state index contributed by atoms with van der Waals surface area (Å²) in [6.07, 6.45) is 6.62. The molecule has 0 aliphatic rings. The van der Waals surface area contributed by atoms with Gasteiger partial charge in [-0.3, -0.25) is 4.79 Å². The number of nitrogens with one attached hydrogen (secondary N) is 1. The smallest absolute Gasteiger partial charge is 0.278 e. The van der Waals surface area contributed by atoms with Crippen molar-refractivity contribution in [1.82, 2.24) is 25.0 Å². The highest BCUT2D eigenvalue weighted by atomic mass is 35.5. The van der Waals surface area contributed by atoms with Gasteiger partial charge in [-0.05, 0) is 54.8 Å². The summed E-state index contributed by atoms with van der Waals surface area (Å²) in [7, 11) is 0. The van der Waals surface area contributed by atoms with Gasteiger partial charge in [0.2, 0.25) is 0 Å². The molecule has 0 unspecified atom stereocenters. The summed E-state index contributed by atoms with van der Waals surface area (Å²) < 4.78 is 1.57. The number of amides is 1. The Morgan fingerprint density at radius 3 is 2.44 bits per heavy atom. The van der Waals surface area contributed by atoms with Crippen molar-refractivity contribution in [3.63, 3.8) is 0 Å². The Morgan fingerprint density at radius 1 is 1.06 bits per heavy atom. The van der Waals surface area contributed by atoms with Crippen LogP contribution in [0.5, 0.6) is 0 Å². The largest absolute Gasteiger partial charge is 0.321 e. The number of unbranched alkanes of at least 4 members (excludes halogenated alkanes) is 1. The van der Waals surface area contributed by atoms with Crippen molar-refractivity contribution in [2.24, 2.45) is 0 Å². The van der Waals surface area contributed by atoms with Crippen LogP contribution in [0.4, 0.5) is 5.69 Å². The summed E-state index contributed by atoms with van der Waals surface area (Å²) in [4.78, 5) is 21.6. The van der Waals surface area contributed by atoms with Crippen molar-refractivity contribution in [2.75, 3.05) is 5.32 Å². The number of benzene rings is 2. The first kappa shape index (κ1) is 24.2. The first-order chi connectivity index (χ1) is 16.5. The van der Waals surface area contributed by atoms with Gasteiger partial charge in [0.15, 0.2) is 10.9 Å². The highest BCUT2D eigenvalue weighted by molar-refractivity contribution is 7.98. The van der Waals surface area contributed by atoms with E-state index in [0.717, 1.165) is 19.3 Å². The number of carbonyl (C=O) groups excluding carboxylic acids is 1. The normalized spacial score (nSPS) is 10.9. The third-order valence-corrected chi connectivity index (χ3v) is 6.30. The van der Waals surface area contributed by atoms with Crippen LogP contribution in [0.1, 0.15) is 41.5 Å². The van der Waals surface area contributed by atoms with Crippen LogP contribution < -0.4 is 5.32 Å². The molecular weight excluding hydrogens is 491 g/mol. The zero-order chi connectivity index (χ0) is 23.9. The maximum Gasteiger partial charge on any atom is 0.278 e. The summed E-state index contributed by atoms with van der Waals surface area (Å²) in [5.74, 6) is 0.00473. The van der Waals surface area contributed by atoms with E-state index in [4.69, 9.17) is 23.2 Å². The highest BCUT2D eigenvalue weighted by Gasteiger charge is 2.22. The molecule has 34 heavy (non-hydrogen) atoms. The van der Waals surface area contributed by atoms with Crippen LogP contribution in [-0.4, -0.2) is 30.9 Å². The van der Waals surface area contributed by atoms with Crippen LogP contribution in [0, 0.1) is 0 Å². The number of thioether (sulfide) groups is 1. The van der Waals surface area contributed by atoms with Gasteiger partial charge in [-0.1, -0.05) is 65.7 Å². The van der Waals surface area contributed by atoms with Crippen LogP contribution >= 0.6 is 35.0 Å². The maximum absolute atomic E-state index is 13.2. The zero-order valence-electron chi connectivity index (χ0n) is 18.4. The molecule has 0 spiro atoms. The Kier molecular flexibility index (Phi) is 8.16. The molecule has 0 aliphatic heterocycles. The second kappa shape index (κ2) is 11.5. The molecule has 2 aromatic carbocycles. The van der Waals surface area contributed by atoms with Gasteiger partial charge in [0, 0.05) is 33.9 Å². The van der Waals surface area contributed by atoms with Gasteiger partial charge in [0.1, 0.15) is 0 Å². The topological polar surface area (TPSA) is 85.6 Å². The summed E-state index contributed by atoms with van der Waals surface area (Å²) in [6, 6.07) is 14.7. The molecule has 0 bridgehead atoms. The maximum atomic E-state index is 13.2. The van der Waals surface area contributed by atoms with Crippen molar-refractivity contribution in [3.8, 4) is 5.69 Å². The number of rotatable bonds is 9. The average molecular weight is 513 g/mol. The van der Waals surface area contributed by atoms with E-state index >= 15 is 0 Å². The third kappa shape index (κ3) is 6.14. The zero-order valence-corrected chi connectivity index (χ0v) is 20.7. The van der Waals surface area contributed by atoms with Crippen molar-refractivity contribution in [1.29, 1.82) is 0 Å². The van der Waals surface area contributed by atoms with Crippen molar-refractivity contribution in [2.45, 2.75) is 37.1 Å². The Bertz CT molecular complexity index is 1240. The van der Waals surface area contributed by atoms with E-state index < -0.39 is 0 Å². The minimum atomic E-state index is -0.356. The lowest BCUT2D eigenvalue weighted by Gasteiger charge is -2.09. The van der Waals surface area contributed by atoms with Gasteiger partial charge in [-0.25, -0.2) is 14.6 Å². The number of nitrogens with zero attached hydrogens (tertiary/aromatic N) is 5. The number of hydrogen-bond acceptors (Lipinski definition) is 6. The Morgan fingerprint density at radius 2 is 1.76 bits per heavy atom. The van der Waals surface area contributed by atoms with Crippen LogP contribution in [0.3, 0.4) is 0 Å². The Balaban J connectivity index is 1.61. The lowest BCUT2D eigenvalue weighted by molar-refractivity contribution is 0.102. The summed E-state index contributed by atoms with van der Waals surface area (Å²) in [5, 5.41) is 12.8. The number of aromatic nitrogens is 5. The van der Waals surface area contributed by atoms with Gasteiger partial charge in [0.05, 0.1) is 11.4 Å². The molecule has 4 rings (SSSR count). The first-order valence-electron chi connectivity index (χ1n) is 10.7. The Hall–Kier alpha value is -2.94. The molecule has 2 aromatic heterocycles. The molecule has 0 saturated heterocycles. The second-order valence-electron chi connectivity index (χ2n) is 7.50. The van der Waals surface area contributed by atoms with Crippen LogP contribution in [-0.2, 0) is 12.2 Å². The van der Waals surface area contributed by atoms with Gasteiger partial charge in [-0.15, -0.1) is 5.10 Å². The molecule has 7 nitrogen and oxygen atoms in total. The quantitative estimate of drug-likeness (QED) is 0.210. The van der Waals surface area contributed by atoms with E-state index in [9.17, 15) is 4.79 Å². The number of halogens is 2. The molecule has 1 N–H and O–H groups in total. The molecule has 174 valence electrons. The SMILES string of the molecule is CCCCc1ccc(NC(=O)c2nnn(-c3cc(Cl)cc(Cl)c3)c2CSc2ncccn2)cc1. The highest BCUT2D eigenvalue weighted by Crippen LogP contribution is 2.27. The van der Waals surface area contributed by atoms with Crippen molar-refractivity contribution >= 4 is 46.6 Å². The van der Waals surface area contributed by atoms with E-state index in [0.29, 0.717) is 38.0 Å². The molecule has 0 aliphatic carbocycles. The molecule has 4 aromatic rings. The number of aryl methyl sites for hydroxylation is 1. The number of anilines is 1. The Labute approximate surface area is 211 Å². The van der Waals surface area contributed by atoms with Gasteiger partial charge in [-0.2, -0.15) is 0 Å². The molecule has 0 radical (unpaired) electrons. The van der Waals surface area contributed by atoms with Crippen LogP contribution in [0.25, 0.3) is 5.69 Å². The van der Waals surface area contributed by atoms with Gasteiger partial charge in [0.25, 0.3) is 5.91 Å². The second-order valence-corrected chi connectivity index (χ2v) is 9.31. The first-order valence-corrected chi connectivity index (χ1v) is 12.5. The fourth-order valence-corrected chi connectivity index (χ4v) is 4.61. The van der Waals surface area contributed by atoms with Crippen molar-refractivity contribution < 1.29 is 4.79 Å². The minimum Gasteiger partial charge on any atom is -0.321 e. The fourth-order valence-electron chi connectivity index (χ4n) is 3.30. The van der Waals surface area contributed by atoms with E-state index in [-0.39, 0.29) is 11.6 Å². The lowest BCUT2D eigenvalue weighted by atomic mass is 10.1. The predicted octanol–water partition coefficient (Wildman–Crippen LogP) is 6.25. The van der Waals surface area contributed by atoms with Gasteiger partial charge >= 0.3 is 0 Å². The lowest BCUT2D eigenvalue weighted by Crippen LogP contribution is -2.15. The molecule has 0 atom stereocenters. The summed E-state index contributed by atoms with van der Waals surface area (Å²) in [6.45, 7) is 2.17. The summed E-state index contributed by atoms with van der Waals surface area (Å²) >= 11 is 13.8. The molecule has 0 fully saturated rings. The van der Waals surface area contributed by atoms with Crippen LogP contribution in [0.15, 0.2) is 66.1 Å². The standard InChI is InChI=1S/C24H22Cl2N6OS/c1-2-3-5-16-6-8-19(9-7-16)29-23(33)22-21(15-34-24-27-10-4-11-28-24)32(31-30-22)20-13-17(25)12-18(26)14-20/h4,6-14H,2-3,5,15H2,1H3,(H,29,33).